The van der Waals surface area contributed by atoms with Crippen LogP contribution < -0.4 is 10.6 Å². The van der Waals surface area contributed by atoms with Gasteiger partial charge in [-0.3, -0.25) is 14.4 Å². The Kier molecular flexibility index (Phi) is 18.6. The summed E-state index contributed by atoms with van der Waals surface area (Å²) in [5, 5.41) is 5.86. The lowest BCUT2D eigenvalue weighted by molar-refractivity contribution is -0.144. The Balaban J connectivity index is 1.33. The number of carbonyl (C=O) groups is 5. The zero-order chi connectivity index (χ0) is 43.1. The summed E-state index contributed by atoms with van der Waals surface area (Å²) in [7, 11) is 0. The zero-order valence-electron chi connectivity index (χ0n) is 36.1. The third kappa shape index (κ3) is 16.6. The van der Waals surface area contributed by atoms with Crippen molar-refractivity contribution >= 4 is 41.2 Å². The first kappa shape index (κ1) is 48.3. The fraction of sp³-hybridized carbons (Fsp3) is 0.667. The number of hydrogen-bond donors (Lipinski definition) is 2. The molecule has 16 heteroatoms. The Bertz CT molecular complexity index is 1620. The van der Waals surface area contributed by atoms with E-state index < -0.39 is 46.8 Å². The standard InChI is InChI=1S/C42H65N5O10S/c1-29-34(58-28-44-29)31-17-15-30(16-18-31)26-43-36(49)32-14-11-19-46(32)37(50)35(40(2,3)4)45-33(48)27-55-24-13-22-53-21-12-23-54-25-20-47(38(51)56-41(5,6)7)39(52)57-42(8,9)10/h15-18,28,32,35H,11-14,19-27H2,1-10H3,(H,43,49)(H,45,48). The molecule has 1 aromatic carbocycles. The van der Waals surface area contributed by atoms with Gasteiger partial charge in [0.15, 0.2) is 0 Å². The average Bonchev–Trinajstić information content (AvgIpc) is 3.79. The number of likely N-dealkylation sites (tertiary alicyclic amines) is 1. The molecular weight excluding hydrogens is 767 g/mol. The van der Waals surface area contributed by atoms with E-state index in [0.717, 1.165) is 26.6 Å². The lowest BCUT2D eigenvalue weighted by Gasteiger charge is -2.35. The quantitative estimate of drug-likeness (QED) is 0.153. The third-order valence-corrected chi connectivity index (χ3v) is 9.74. The van der Waals surface area contributed by atoms with E-state index in [1.54, 1.807) is 57.8 Å². The fourth-order valence-electron chi connectivity index (χ4n) is 5.92. The first-order valence-corrected chi connectivity index (χ1v) is 20.9. The highest BCUT2D eigenvalue weighted by molar-refractivity contribution is 7.13. The molecule has 0 spiro atoms. The average molecular weight is 832 g/mol. The predicted molar refractivity (Wildman–Crippen MR) is 221 cm³/mol. The van der Waals surface area contributed by atoms with Crippen molar-refractivity contribution in [2.24, 2.45) is 5.41 Å². The summed E-state index contributed by atoms with van der Waals surface area (Å²) in [5.41, 5.74) is 2.68. The molecule has 2 atom stereocenters. The number of aryl methyl sites for hydroxylation is 1. The molecule has 0 radical (unpaired) electrons. The van der Waals surface area contributed by atoms with Crippen LogP contribution in [0, 0.1) is 12.3 Å². The summed E-state index contributed by atoms with van der Waals surface area (Å²) in [4.78, 5) is 73.2. The van der Waals surface area contributed by atoms with Crippen molar-refractivity contribution in [2.75, 3.05) is 52.7 Å². The number of imide groups is 1. The SMILES string of the molecule is Cc1ncsc1-c1ccc(CNC(=O)C2CCCN2C(=O)C(NC(=O)COCCCOCCCOCCN(C(=O)OC(C)(C)C)C(=O)OC(C)(C)C)C(C)(C)C)cc1. The molecule has 58 heavy (non-hydrogen) atoms. The predicted octanol–water partition coefficient (Wildman–Crippen LogP) is 6.26. The molecule has 15 nitrogen and oxygen atoms in total. The summed E-state index contributed by atoms with van der Waals surface area (Å²) in [6.45, 7) is 20.0. The van der Waals surface area contributed by atoms with Gasteiger partial charge in [0.25, 0.3) is 0 Å². The van der Waals surface area contributed by atoms with Crippen LogP contribution in [0.2, 0.25) is 0 Å². The molecule has 0 bridgehead atoms. The van der Waals surface area contributed by atoms with Crippen LogP contribution in [0.1, 0.15) is 99.3 Å². The molecule has 1 aliphatic rings. The van der Waals surface area contributed by atoms with Gasteiger partial charge in [0, 0.05) is 39.5 Å². The van der Waals surface area contributed by atoms with Crippen LogP contribution in [0.5, 0.6) is 0 Å². The molecule has 1 aliphatic heterocycles. The molecule has 2 heterocycles. The van der Waals surface area contributed by atoms with Gasteiger partial charge in [0.2, 0.25) is 17.7 Å². The number of amides is 5. The lowest BCUT2D eigenvalue weighted by atomic mass is 9.85. The molecule has 0 saturated carbocycles. The molecule has 5 amide bonds. The van der Waals surface area contributed by atoms with E-state index in [1.165, 1.54) is 0 Å². The maximum Gasteiger partial charge on any atom is 0.419 e. The van der Waals surface area contributed by atoms with Gasteiger partial charge in [0.1, 0.15) is 29.9 Å². The molecule has 0 aliphatic carbocycles. The molecule has 324 valence electrons. The highest BCUT2D eigenvalue weighted by atomic mass is 32.1. The van der Waals surface area contributed by atoms with Gasteiger partial charge in [0.05, 0.1) is 29.2 Å². The van der Waals surface area contributed by atoms with Crippen molar-refractivity contribution in [3.63, 3.8) is 0 Å². The Morgan fingerprint density at radius 3 is 1.95 bits per heavy atom. The van der Waals surface area contributed by atoms with Crippen LogP contribution in [0.3, 0.4) is 0 Å². The minimum absolute atomic E-state index is 0.0260. The number of nitrogens with one attached hydrogen (secondary N) is 2. The molecule has 2 N–H and O–H groups in total. The number of ether oxygens (including phenoxy) is 5. The fourth-order valence-corrected chi connectivity index (χ4v) is 6.73. The van der Waals surface area contributed by atoms with Crippen LogP contribution in [0.25, 0.3) is 10.4 Å². The zero-order valence-corrected chi connectivity index (χ0v) is 36.9. The van der Waals surface area contributed by atoms with Crippen molar-refractivity contribution in [3.8, 4) is 10.4 Å². The molecule has 3 rings (SSSR count). The van der Waals surface area contributed by atoms with Gasteiger partial charge in [-0.1, -0.05) is 45.0 Å². The van der Waals surface area contributed by atoms with E-state index in [1.807, 2.05) is 57.5 Å². The van der Waals surface area contributed by atoms with Gasteiger partial charge in [-0.05, 0) is 90.7 Å². The number of hydrogen-bond acceptors (Lipinski definition) is 12. The van der Waals surface area contributed by atoms with E-state index in [2.05, 4.69) is 15.6 Å². The Labute approximate surface area is 347 Å². The van der Waals surface area contributed by atoms with Gasteiger partial charge >= 0.3 is 12.2 Å². The molecule has 1 aromatic heterocycles. The van der Waals surface area contributed by atoms with Crippen molar-refractivity contribution < 1.29 is 47.7 Å². The van der Waals surface area contributed by atoms with Gasteiger partial charge in [-0.25, -0.2) is 19.5 Å². The Morgan fingerprint density at radius 1 is 0.845 bits per heavy atom. The number of rotatable bonds is 19. The van der Waals surface area contributed by atoms with E-state index in [4.69, 9.17) is 23.7 Å². The van der Waals surface area contributed by atoms with Gasteiger partial charge in [-0.15, -0.1) is 11.3 Å². The second-order valence-electron chi connectivity index (χ2n) is 17.3. The van der Waals surface area contributed by atoms with Crippen LogP contribution in [0.15, 0.2) is 29.8 Å². The third-order valence-electron chi connectivity index (χ3n) is 8.76. The van der Waals surface area contributed by atoms with Crippen molar-refractivity contribution in [2.45, 2.75) is 125 Å². The smallest absolute Gasteiger partial charge is 0.419 e. The van der Waals surface area contributed by atoms with Crippen molar-refractivity contribution in [1.82, 2.24) is 25.4 Å². The minimum Gasteiger partial charge on any atom is -0.443 e. The molecular formula is C42H65N5O10S. The topological polar surface area (TPSA) is 175 Å². The van der Waals surface area contributed by atoms with E-state index in [0.29, 0.717) is 58.6 Å². The van der Waals surface area contributed by atoms with Crippen LogP contribution in [-0.4, -0.2) is 121 Å². The molecule has 1 fully saturated rings. The van der Waals surface area contributed by atoms with E-state index in [9.17, 15) is 24.0 Å². The number of carbonyl (C=O) groups excluding carboxylic acids is 5. The molecule has 2 aromatic rings. The van der Waals surface area contributed by atoms with E-state index >= 15 is 0 Å². The maximum atomic E-state index is 13.8. The summed E-state index contributed by atoms with van der Waals surface area (Å²) >= 11 is 1.59. The summed E-state index contributed by atoms with van der Waals surface area (Å²) in [6, 6.07) is 6.54. The lowest BCUT2D eigenvalue weighted by Crippen LogP contribution is -2.58. The number of nitrogens with zero attached hydrogens (tertiary/aromatic N) is 3. The van der Waals surface area contributed by atoms with Crippen LogP contribution in [-0.2, 0) is 44.6 Å². The van der Waals surface area contributed by atoms with Gasteiger partial charge < -0.3 is 39.2 Å². The number of benzene rings is 1. The highest BCUT2D eigenvalue weighted by Crippen LogP contribution is 2.28. The van der Waals surface area contributed by atoms with Crippen molar-refractivity contribution in [1.29, 1.82) is 0 Å². The number of thiazole rings is 1. The first-order valence-electron chi connectivity index (χ1n) is 20.0. The second-order valence-corrected chi connectivity index (χ2v) is 18.2. The Morgan fingerprint density at radius 2 is 1.41 bits per heavy atom. The molecule has 2 unspecified atom stereocenters. The normalized spacial score (nSPS) is 15.1. The summed E-state index contributed by atoms with van der Waals surface area (Å²) in [5.74, 6) is -0.920. The largest absolute Gasteiger partial charge is 0.443 e. The van der Waals surface area contributed by atoms with Crippen LogP contribution >= 0.6 is 11.3 Å². The summed E-state index contributed by atoms with van der Waals surface area (Å²) in [6.07, 6.45) is 0.785. The van der Waals surface area contributed by atoms with Crippen LogP contribution in [0.4, 0.5) is 9.59 Å². The molecule has 1 saturated heterocycles. The van der Waals surface area contributed by atoms with Crippen molar-refractivity contribution in [3.05, 3.63) is 41.0 Å². The van der Waals surface area contributed by atoms with E-state index in [-0.39, 0.29) is 38.2 Å². The second kappa shape index (κ2) is 22.3. The number of aromatic nitrogens is 1. The minimum atomic E-state index is -0.844. The Hall–Kier alpha value is -4.12. The monoisotopic (exact) mass is 831 g/mol. The summed E-state index contributed by atoms with van der Waals surface area (Å²) < 4.78 is 27.5. The maximum absolute atomic E-state index is 13.8. The highest BCUT2D eigenvalue weighted by Gasteiger charge is 2.42. The first-order chi connectivity index (χ1) is 27.2. The van der Waals surface area contributed by atoms with Gasteiger partial charge in [-0.2, -0.15) is 0 Å².